The van der Waals surface area contributed by atoms with Gasteiger partial charge < -0.3 is 9.64 Å². The summed E-state index contributed by atoms with van der Waals surface area (Å²) >= 11 is 0. The normalized spacial score (nSPS) is 21.2. The minimum atomic E-state index is -0.578. The summed E-state index contributed by atoms with van der Waals surface area (Å²) in [7, 11) is 0. The summed E-state index contributed by atoms with van der Waals surface area (Å²) in [5, 5.41) is 8.71. The Morgan fingerprint density at radius 1 is 1.36 bits per heavy atom. The fourth-order valence-corrected chi connectivity index (χ4v) is 2.85. The van der Waals surface area contributed by atoms with E-state index < -0.39 is 5.91 Å². The first kappa shape index (κ1) is 14.8. The zero-order valence-corrected chi connectivity index (χ0v) is 12.5. The third-order valence-electron chi connectivity index (χ3n) is 4.52. The van der Waals surface area contributed by atoms with Crippen molar-refractivity contribution in [2.75, 3.05) is 6.61 Å². The summed E-state index contributed by atoms with van der Waals surface area (Å²) in [5.74, 6) is 0.374. The summed E-state index contributed by atoms with van der Waals surface area (Å²) in [5.41, 5.74) is 2.82. The molecule has 3 rings (SSSR count). The smallest absolute Gasteiger partial charge is 0.274 e. The fourth-order valence-electron chi connectivity index (χ4n) is 2.85. The van der Waals surface area contributed by atoms with Crippen LogP contribution in [0.5, 0.6) is 5.75 Å². The van der Waals surface area contributed by atoms with Gasteiger partial charge in [-0.2, -0.15) is 0 Å². The molecule has 2 aliphatic rings. The van der Waals surface area contributed by atoms with Gasteiger partial charge in [0.2, 0.25) is 5.91 Å². The highest BCUT2D eigenvalue weighted by Gasteiger charge is 2.33. The van der Waals surface area contributed by atoms with Crippen molar-refractivity contribution >= 4 is 11.8 Å². The van der Waals surface area contributed by atoms with Crippen LogP contribution in [0, 0.1) is 5.92 Å². The van der Waals surface area contributed by atoms with E-state index in [1.165, 1.54) is 0 Å². The molecule has 1 aromatic carbocycles. The average molecular weight is 304 g/mol. The summed E-state index contributed by atoms with van der Waals surface area (Å²) in [6, 6.07) is 5.00. The van der Waals surface area contributed by atoms with E-state index in [4.69, 9.17) is 9.94 Å². The minimum absolute atomic E-state index is 0.00406. The van der Waals surface area contributed by atoms with E-state index in [1.54, 1.807) is 23.7 Å². The Morgan fingerprint density at radius 2 is 2.14 bits per heavy atom. The van der Waals surface area contributed by atoms with Gasteiger partial charge in [0.25, 0.3) is 5.91 Å². The number of nitrogens with one attached hydrogen (secondary N) is 1. The number of hydroxylamine groups is 1. The van der Waals surface area contributed by atoms with Crippen molar-refractivity contribution in [3.05, 3.63) is 29.3 Å². The van der Waals surface area contributed by atoms with Crippen molar-refractivity contribution < 1.29 is 19.5 Å². The minimum Gasteiger partial charge on any atom is -0.491 e. The van der Waals surface area contributed by atoms with Crippen molar-refractivity contribution in [2.24, 2.45) is 5.92 Å². The molecular formula is C16H20N2O4. The van der Waals surface area contributed by atoms with E-state index in [0.717, 1.165) is 24.8 Å². The summed E-state index contributed by atoms with van der Waals surface area (Å²) < 4.78 is 5.75. The molecule has 0 unspecified atom stereocenters. The molecule has 6 nitrogen and oxygen atoms in total. The van der Waals surface area contributed by atoms with Crippen molar-refractivity contribution in [1.29, 1.82) is 0 Å². The number of hydrogen-bond donors (Lipinski definition) is 2. The molecule has 0 spiro atoms. The lowest BCUT2D eigenvalue weighted by Gasteiger charge is -2.34. The van der Waals surface area contributed by atoms with Crippen molar-refractivity contribution in [3.63, 3.8) is 0 Å². The van der Waals surface area contributed by atoms with E-state index >= 15 is 0 Å². The Morgan fingerprint density at radius 3 is 2.77 bits per heavy atom. The number of ether oxygens (including phenoxy) is 1. The molecular weight excluding hydrogens is 284 g/mol. The SMILES string of the molecule is C[C@H]1COc2cc(C(=O)NO)ccc2CN1C(=O)C1CCC1. The van der Waals surface area contributed by atoms with Crippen LogP contribution in [0.4, 0.5) is 0 Å². The van der Waals surface area contributed by atoms with E-state index in [-0.39, 0.29) is 17.9 Å². The topological polar surface area (TPSA) is 78.9 Å². The number of carbonyl (C=O) groups is 2. The second-order valence-corrected chi connectivity index (χ2v) is 6.02. The van der Waals surface area contributed by atoms with E-state index in [9.17, 15) is 9.59 Å². The maximum Gasteiger partial charge on any atom is 0.274 e. The van der Waals surface area contributed by atoms with Gasteiger partial charge in [0, 0.05) is 23.6 Å². The second-order valence-electron chi connectivity index (χ2n) is 6.02. The molecule has 1 fully saturated rings. The summed E-state index contributed by atoms with van der Waals surface area (Å²) in [6.45, 7) is 2.87. The molecule has 0 bridgehead atoms. The Bertz CT molecular complexity index is 598. The lowest BCUT2D eigenvalue weighted by Crippen LogP contribution is -2.44. The molecule has 1 heterocycles. The predicted octanol–water partition coefficient (Wildman–Crippen LogP) is 1.72. The molecule has 0 radical (unpaired) electrons. The highest BCUT2D eigenvalue weighted by Crippen LogP contribution is 2.32. The van der Waals surface area contributed by atoms with Gasteiger partial charge in [-0.25, -0.2) is 5.48 Å². The monoisotopic (exact) mass is 304 g/mol. The largest absolute Gasteiger partial charge is 0.491 e. The third-order valence-corrected chi connectivity index (χ3v) is 4.52. The van der Waals surface area contributed by atoms with Gasteiger partial charge in [-0.1, -0.05) is 12.5 Å². The molecule has 2 N–H and O–H groups in total. The van der Waals surface area contributed by atoms with Crippen molar-refractivity contribution in [1.82, 2.24) is 10.4 Å². The molecule has 6 heteroatoms. The Balaban J connectivity index is 1.84. The van der Waals surface area contributed by atoms with Crippen LogP contribution in [-0.2, 0) is 11.3 Å². The van der Waals surface area contributed by atoms with Gasteiger partial charge >= 0.3 is 0 Å². The summed E-state index contributed by atoms with van der Waals surface area (Å²) in [6.07, 6.45) is 3.09. The number of nitrogens with zero attached hydrogens (tertiary/aromatic N) is 1. The number of rotatable bonds is 2. The number of carbonyl (C=O) groups excluding carboxylic acids is 2. The molecule has 0 saturated heterocycles. The molecule has 1 aliphatic carbocycles. The predicted molar refractivity (Wildman–Crippen MR) is 78.5 cm³/mol. The lowest BCUT2D eigenvalue weighted by atomic mass is 9.84. The number of hydrogen-bond acceptors (Lipinski definition) is 4. The van der Waals surface area contributed by atoms with E-state index in [2.05, 4.69) is 0 Å². The lowest BCUT2D eigenvalue weighted by molar-refractivity contribution is -0.141. The molecule has 2 amide bonds. The van der Waals surface area contributed by atoms with Gasteiger partial charge in [-0.3, -0.25) is 14.8 Å². The van der Waals surface area contributed by atoms with Gasteiger partial charge in [0.15, 0.2) is 0 Å². The summed E-state index contributed by atoms with van der Waals surface area (Å²) in [4.78, 5) is 25.9. The number of amides is 2. The van der Waals surface area contributed by atoms with Crippen LogP contribution in [0.2, 0.25) is 0 Å². The fraction of sp³-hybridized carbons (Fsp3) is 0.500. The maximum atomic E-state index is 12.5. The zero-order chi connectivity index (χ0) is 15.7. The van der Waals surface area contributed by atoms with Gasteiger partial charge in [0.05, 0.1) is 6.04 Å². The zero-order valence-electron chi connectivity index (χ0n) is 12.5. The van der Waals surface area contributed by atoms with Crippen LogP contribution in [0.15, 0.2) is 18.2 Å². The Labute approximate surface area is 129 Å². The van der Waals surface area contributed by atoms with E-state index in [0.29, 0.717) is 24.5 Å². The number of benzene rings is 1. The van der Waals surface area contributed by atoms with Gasteiger partial charge in [-0.15, -0.1) is 0 Å². The van der Waals surface area contributed by atoms with Crippen molar-refractivity contribution in [3.8, 4) is 5.75 Å². The van der Waals surface area contributed by atoms with Crippen LogP contribution in [0.1, 0.15) is 42.1 Å². The molecule has 1 aliphatic heterocycles. The highest BCUT2D eigenvalue weighted by molar-refractivity contribution is 5.93. The Kier molecular flexibility index (Phi) is 4.02. The molecule has 22 heavy (non-hydrogen) atoms. The molecule has 1 saturated carbocycles. The maximum absolute atomic E-state index is 12.5. The van der Waals surface area contributed by atoms with Crippen molar-refractivity contribution in [2.45, 2.75) is 38.8 Å². The molecule has 1 atom stereocenters. The van der Waals surface area contributed by atoms with Gasteiger partial charge in [-0.05, 0) is 31.9 Å². The number of fused-ring (bicyclic) bond motifs is 1. The average Bonchev–Trinajstić information content (AvgIpc) is 2.63. The Hall–Kier alpha value is -2.08. The molecule has 118 valence electrons. The van der Waals surface area contributed by atoms with Crippen LogP contribution in [0.25, 0.3) is 0 Å². The molecule has 0 aromatic heterocycles. The first-order chi connectivity index (χ1) is 10.6. The highest BCUT2D eigenvalue weighted by atomic mass is 16.5. The third kappa shape index (κ3) is 2.66. The van der Waals surface area contributed by atoms with Crippen LogP contribution in [-0.4, -0.2) is 34.6 Å². The second kappa shape index (κ2) is 5.96. The standard InChI is InChI=1S/C16H20N2O4/c1-10-9-22-14-7-12(15(19)17-21)5-6-13(14)8-18(10)16(20)11-3-2-4-11/h5-7,10-11,21H,2-4,8-9H2,1H3,(H,17,19)/t10-/m0/s1. The van der Waals surface area contributed by atoms with Crippen LogP contribution < -0.4 is 10.2 Å². The van der Waals surface area contributed by atoms with Crippen LogP contribution in [0.3, 0.4) is 0 Å². The van der Waals surface area contributed by atoms with Gasteiger partial charge in [0.1, 0.15) is 12.4 Å². The molecule has 1 aromatic rings. The first-order valence-electron chi connectivity index (χ1n) is 7.61. The van der Waals surface area contributed by atoms with E-state index in [1.807, 2.05) is 11.8 Å². The quantitative estimate of drug-likeness (QED) is 0.644. The van der Waals surface area contributed by atoms with Crippen LogP contribution >= 0.6 is 0 Å². The first-order valence-corrected chi connectivity index (χ1v) is 7.61.